The van der Waals surface area contributed by atoms with Gasteiger partial charge in [0.2, 0.25) is 0 Å². The number of hydrogen-bond donors (Lipinski definition) is 1. The van der Waals surface area contributed by atoms with Crippen molar-refractivity contribution in [1.82, 2.24) is 5.16 Å². The van der Waals surface area contributed by atoms with E-state index >= 15 is 0 Å². The summed E-state index contributed by atoms with van der Waals surface area (Å²) in [6.07, 6.45) is 3.37. The zero-order valence-corrected chi connectivity index (χ0v) is 12.8. The molecular formula is C18H12ClN3O. The van der Waals surface area contributed by atoms with Crippen molar-refractivity contribution < 1.29 is 4.52 Å². The number of halogens is 1. The Morgan fingerprint density at radius 2 is 1.83 bits per heavy atom. The zero-order valence-electron chi connectivity index (χ0n) is 12.0. The van der Waals surface area contributed by atoms with Gasteiger partial charge in [0.1, 0.15) is 17.3 Å². The van der Waals surface area contributed by atoms with Crippen molar-refractivity contribution >= 4 is 23.4 Å². The average Bonchev–Trinajstić information content (AvgIpc) is 2.99. The third kappa shape index (κ3) is 3.25. The lowest BCUT2D eigenvalue weighted by atomic mass is 10.1. The van der Waals surface area contributed by atoms with Gasteiger partial charge in [-0.1, -0.05) is 53.2 Å². The summed E-state index contributed by atoms with van der Waals surface area (Å²) in [6.45, 7) is 0. The Bertz CT molecular complexity index is 879. The normalized spacial score (nSPS) is 10.6. The first-order valence-electron chi connectivity index (χ1n) is 6.92. The van der Waals surface area contributed by atoms with E-state index in [1.807, 2.05) is 42.5 Å². The topological polar surface area (TPSA) is 61.9 Å². The molecule has 4 nitrogen and oxygen atoms in total. The van der Waals surface area contributed by atoms with Gasteiger partial charge in [0.05, 0.1) is 5.02 Å². The minimum atomic E-state index is 0.351. The van der Waals surface area contributed by atoms with Crippen molar-refractivity contribution in [2.45, 2.75) is 0 Å². The summed E-state index contributed by atoms with van der Waals surface area (Å²) in [4.78, 5) is 0. The highest BCUT2D eigenvalue weighted by Crippen LogP contribution is 2.31. The average molecular weight is 322 g/mol. The maximum absolute atomic E-state index is 9.41. The molecule has 0 aliphatic rings. The number of benzene rings is 2. The van der Waals surface area contributed by atoms with E-state index in [1.54, 1.807) is 24.4 Å². The fraction of sp³-hybridized carbons (Fsp3) is 0. The fourth-order valence-corrected chi connectivity index (χ4v) is 2.33. The number of nitriles is 1. The molecule has 0 bridgehead atoms. The highest BCUT2D eigenvalue weighted by atomic mass is 35.5. The van der Waals surface area contributed by atoms with Crippen molar-refractivity contribution in [3.63, 3.8) is 0 Å². The van der Waals surface area contributed by atoms with Crippen molar-refractivity contribution in [1.29, 1.82) is 5.26 Å². The molecule has 2 aromatic carbocycles. The second kappa shape index (κ2) is 6.82. The Morgan fingerprint density at radius 3 is 2.57 bits per heavy atom. The fourth-order valence-electron chi connectivity index (χ4n) is 2.11. The Kier molecular flexibility index (Phi) is 4.41. The molecule has 1 aromatic heterocycles. The van der Waals surface area contributed by atoms with Crippen LogP contribution in [0.25, 0.3) is 17.3 Å². The van der Waals surface area contributed by atoms with Gasteiger partial charge in [-0.15, -0.1) is 0 Å². The van der Waals surface area contributed by atoms with Gasteiger partial charge in [0.15, 0.2) is 5.76 Å². The lowest BCUT2D eigenvalue weighted by Crippen LogP contribution is -1.87. The third-order valence-corrected chi connectivity index (χ3v) is 3.55. The van der Waals surface area contributed by atoms with E-state index in [9.17, 15) is 5.26 Å². The van der Waals surface area contributed by atoms with Gasteiger partial charge in [0, 0.05) is 23.5 Å². The Balaban J connectivity index is 1.88. The second-order valence-corrected chi connectivity index (χ2v) is 5.11. The summed E-state index contributed by atoms with van der Waals surface area (Å²) in [5.74, 6) is 0.380. The predicted molar refractivity (Wildman–Crippen MR) is 90.8 cm³/mol. The molecule has 0 spiro atoms. The largest absolute Gasteiger partial charge is 0.362 e. The van der Waals surface area contributed by atoms with Crippen LogP contribution in [-0.2, 0) is 0 Å². The van der Waals surface area contributed by atoms with Crippen molar-refractivity contribution in [2.75, 3.05) is 5.32 Å². The van der Waals surface area contributed by atoms with Crippen LogP contribution in [0.3, 0.4) is 0 Å². The molecule has 0 saturated carbocycles. The molecule has 0 aliphatic carbocycles. The summed E-state index contributed by atoms with van der Waals surface area (Å²) >= 11 is 6.16. The summed E-state index contributed by atoms with van der Waals surface area (Å²) in [6, 6.07) is 19.0. The van der Waals surface area contributed by atoms with Crippen LogP contribution in [0.15, 0.2) is 65.3 Å². The number of aromatic nitrogens is 1. The van der Waals surface area contributed by atoms with Gasteiger partial charge in [-0.05, 0) is 18.2 Å². The molecular weight excluding hydrogens is 310 g/mol. The van der Waals surface area contributed by atoms with Crippen LogP contribution in [-0.4, -0.2) is 5.16 Å². The van der Waals surface area contributed by atoms with Crippen molar-refractivity contribution in [3.05, 3.63) is 77.1 Å². The lowest BCUT2D eigenvalue weighted by molar-refractivity contribution is 0.415. The Hall–Kier alpha value is -3.03. The molecule has 0 unspecified atom stereocenters. The number of para-hydroxylation sites is 1. The molecule has 0 fully saturated rings. The van der Waals surface area contributed by atoms with Crippen molar-refractivity contribution in [2.24, 2.45) is 0 Å². The first-order valence-corrected chi connectivity index (χ1v) is 7.30. The minimum absolute atomic E-state index is 0.351. The van der Waals surface area contributed by atoms with Crippen LogP contribution in [0.5, 0.6) is 0 Å². The van der Waals surface area contributed by atoms with Crippen LogP contribution >= 0.6 is 11.6 Å². The number of hydrogen-bond acceptors (Lipinski definition) is 4. The highest BCUT2D eigenvalue weighted by molar-refractivity contribution is 6.33. The van der Waals surface area contributed by atoms with Crippen LogP contribution in [0.1, 0.15) is 11.3 Å². The first kappa shape index (κ1) is 14.9. The van der Waals surface area contributed by atoms with Gasteiger partial charge >= 0.3 is 0 Å². The second-order valence-electron chi connectivity index (χ2n) is 4.71. The summed E-state index contributed by atoms with van der Waals surface area (Å²) in [5.41, 5.74) is 2.40. The maximum Gasteiger partial charge on any atom is 0.179 e. The third-order valence-electron chi connectivity index (χ3n) is 3.22. The van der Waals surface area contributed by atoms with Gasteiger partial charge in [0.25, 0.3) is 0 Å². The maximum atomic E-state index is 9.41. The SMILES string of the molecule is N#Cc1c(-c2ccccc2Cl)noc1/C=C/Nc1ccccc1. The van der Waals surface area contributed by atoms with Gasteiger partial charge < -0.3 is 9.84 Å². The molecule has 0 saturated heterocycles. The predicted octanol–water partition coefficient (Wildman–Crippen LogP) is 4.95. The van der Waals surface area contributed by atoms with E-state index in [0.717, 1.165) is 5.69 Å². The molecule has 0 atom stereocenters. The van der Waals surface area contributed by atoms with Gasteiger partial charge in [-0.25, -0.2) is 0 Å². The van der Waals surface area contributed by atoms with Crippen molar-refractivity contribution in [3.8, 4) is 17.3 Å². The Labute approximate surface area is 138 Å². The molecule has 23 heavy (non-hydrogen) atoms. The molecule has 3 aromatic rings. The number of anilines is 1. The molecule has 112 valence electrons. The van der Waals surface area contributed by atoms with Crippen LogP contribution in [0.2, 0.25) is 5.02 Å². The monoisotopic (exact) mass is 321 g/mol. The van der Waals surface area contributed by atoms with Gasteiger partial charge in [-0.2, -0.15) is 5.26 Å². The van der Waals surface area contributed by atoms with Crippen LogP contribution < -0.4 is 5.32 Å². The molecule has 5 heteroatoms. The number of nitrogens with one attached hydrogen (secondary N) is 1. The van der Waals surface area contributed by atoms with E-state index < -0.39 is 0 Å². The number of nitrogens with zero attached hydrogens (tertiary/aromatic N) is 2. The summed E-state index contributed by atoms with van der Waals surface area (Å²) in [5, 5.41) is 17.0. The summed E-state index contributed by atoms with van der Waals surface area (Å²) < 4.78 is 5.28. The molecule has 1 heterocycles. The van der Waals surface area contributed by atoms with E-state index in [2.05, 4.69) is 16.5 Å². The molecule has 0 amide bonds. The molecule has 3 rings (SSSR count). The number of rotatable bonds is 4. The van der Waals surface area contributed by atoms with E-state index in [4.69, 9.17) is 16.1 Å². The molecule has 1 N–H and O–H groups in total. The van der Waals surface area contributed by atoms with E-state index in [-0.39, 0.29) is 0 Å². The Morgan fingerprint density at radius 1 is 1.09 bits per heavy atom. The first-order chi connectivity index (χ1) is 11.3. The van der Waals surface area contributed by atoms with Crippen LogP contribution in [0.4, 0.5) is 5.69 Å². The smallest absolute Gasteiger partial charge is 0.179 e. The minimum Gasteiger partial charge on any atom is -0.362 e. The van der Waals surface area contributed by atoms with E-state index in [1.165, 1.54) is 0 Å². The highest BCUT2D eigenvalue weighted by Gasteiger charge is 2.17. The standard InChI is InChI=1S/C18H12ClN3O/c19-16-9-5-4-8-14(16)18-15(12-20)17(23-22-18)10-11-21-13-6-2-1-3-7-13/h1-11,21H/b11-10+. The molecule has 0 radical (unpaired) electrons. The lowest BCUT2D eigenvalue weighted by Gasteiger charge is -1.99. The zero-order chi connectivity index (χ0) is 16.1. The summed E-state index contributed by atoms with van der Waals surface area (Å²) in [7, 11) is 0. The van der Waals surface area contributed by atoms with Gasteiger partial charge in [-0.3, -0.25) is 0 Å². The molecule has 0 aliphatic heterocycles. The quantitative estimate of drug-likeness (QED) is 0.738. The van der Waals surface area contributed by atoms with E-state index in [0.29, 0.717) is 27.6 Å². The van der Waals surface area contributed by atoms with Crippen LogP contribution in [0, 0.1) is 11.3 Å².